The molecule has 0 radical (unpaired) electrons. The van der Waals surface area contributed by atoms with Crippen molar-refractivity contribution in [3.05, 3.63) is 68.4 Å². The van der Waals surface area contributed by atoms with Gasteiger partial charge in [0.25, 0.3) is 0 Å². The Balaban J connectivity index is 2.22. The molecule has 0 heterocycles. The molecule has 0 aromatic heterocycles. The molecule has 0 aliphatic heterocycles. The minimum Gasteiger partial charge on any atom is -0.324 e. The van der Waals surface area contributed by atoms with Crippen LogP contribution in [0.1, 0.15) is 22.7 Å². The molecular weight excluding hydrogens is 329 g/mol. The van der Waals surface area contributed by atoms with Crippen LogP contribution in [-0.2, 0) is 6.42 Å². The van der Waals surface area contributed by atoms with Gasteiger partial charge in [0.1, 0.15) is 5.82 Å². The highest BCUT2D eigenvalue weighted by molar-refractivity contribution is 9.10. The van der Waals surface area contributed by atoms with Gasteiger partial charge in [-0.25, -0.2) is 4.39 Å². The smallest absolute Gasteiger partial charge is 0.123 e. The maximum atomic E-state index is 13.2. The third kappa shape index (κ3) is 3.56. The number of hydrogen-bond acceptors (Lipinski definition) is 1. The van der Waals surface area contributed by atoms with Gasteiger partial charge in [0.05, 0.1) is 0 Å². The van der Waals surface area contributed by atoms with Crippen LogP contribution in [0.5, 0.6) is 0 Å². The molecule has 2 aromatic rings. The van der Waals surface area contributed by atoms with Gasteiger partial charge >= 0.3 is 0 Å². The number of rotatable bonds is 3. The van der Waals surface area contributed by atoms with Gasteiger partial charge in [0.15, 0.2) is 0 Å². The quantitative estimate of drug-likeness (QED) is 0.852. The summed E-state index contributed by atoms with van der Waals surface area (Å²) in [5.74, 6) is -0.257. The first-order chi connectivity index (χ1) is 8.97. The van der Waals surface area contributed by atoms with Crippen molar-refractivity contribution in [3.8, 4) is 0 Å². The zero-order valence-corrected chi connectivity index (χ0v) is 12.8. The van der Waals surface area contributed by atoms with E-state index in [1.165, 1.54) is 12.1 Å². The molecule has 0 aliphatic carbocycles. The summed E-state index contributed by atoms with van der Waals surface area (Å²) in [5.41, 5.74) is 8.98. The van der Waals surface area contributed by atoms with E-state index in [1.54, 1.807) is 6.07 Å². The van der Waals surface area contributed by atoms with Crippen LogP contribution in [0.15, 0.2) is 40.9 Å². The van der Waals surface area contributed by atoms with Crippen molar-refractivity contribution in [1.29, 1.82) is 0 Å². The molecule has 2 N–H and O–H groups in total. The highest BCUT2D eigenvalue weighted by Gasteiger charge is 2.11. The molecule has 2 rings (SSSR count). The van der Waals surface area contributed by atoms with Gasteiger partial charge in [-0.15, -0.1) is 0 Å². The van der Waals surface area contributed by atoms with Crippen molar-refractivity contribution in [2.75, 3.05) is 0 Å². The predicted molar refractivity (Wildman–Crippen MR) is 80.9 cm³/mol. The molecule has 0 spiro atoms. The third-order valence-electron chi connectivity index (χ3n) is 3.07. The fourth-order valence-corrected chi connectivity index (χ4v) is 2.49. The molecule has 1 nitrogen and oxygen atoms in total. The Kier molecular flexibility index (Phi) is 4.61. The first-order valence-corrected chi connectivity index (χ1v) is 7.10. The Bertz CT molecular complexity index is 601. The normalized spacial score (nSPS) is 12.5. The van der Waals surface area contributed by atoms with Gasteiger partial charge in [-0.2, -0.15) is 0 Å². The monoisotopic (exact) mass is 341 g/mol. The van der Waals surface area contributed by atoms with Crippen molar-refractivity contribution in [2.45, 2.75) is 19.4 Å². The standard InChI is InChI=1S/C15H14BrClFN/c1-9-2-3-10(7-14(9)17)15(19)8-11-6-12(18)4-5-13(11)16/h2-7,15H,8,19H2,1H3. The third-order valence-corrected chi connectivity index (χ3v) is 4.25. The fraction of sp³-hybridized carbons (Fsp3) is 0.200. The van der Waals surface area contributed by atoms with Crippen molar-refractivity contribution < 1.29 is 4.39 Å². The number of benzene rings is 2. The molecule has 0 saturated heterocycles. The first-order valence-electron chi connectivity index (χ1n) is 5.93. The largest absolute Gasteiger partial charge is 0.324 e. The van der Waals surface area contributed by atoms with Crippen LogP contribution >= 0.6 is 27.5 Å². The van der Waals surface area contributed by atoms with Crippen LogP contribution < -0.4 is 5.73 Å². The Labute approximate surface area is 125 Å². The lowest BCUT2D eigenvalue weighted by atomic mass is 9.99. The number of halogens is 3. The summed E-state index contributed by atoms with van der Waals surface area (Å²) in [5, 5.41) is 0.700. The highest BCUT2D eigenvalue weighted by atomic mass is 79.9. The summed E-state index contributed by atoms with van der Waals surface area (Å²) in [6.07, 6.45) is 0.553. The second-order valence-corrected chi connectivity index (χ2v) is 5.82. The van der Waals surface area contributed by atoms with Gasteiger partial charge in [-0.3, -0.25) is 0 Å². The lowest BCUT2D eigenvalue weighted by molar-refractivity contribution is 0.621. The second-order valence-electron chi connectivity index (χ2n) is 4.55. The van der Waals surface area contributed by atoms with E-state index in [0.717, 1.165) is 21.2 Å². The maximum absolute atomic E-state index is 13.2. The molecule has 0 bridgehead atoms. The molecule has 0 saturated carbocycles. The van der Waals surface area contributed by atoms with Gasteiger partial charge in [0, 0.05) is 15.5 Å². The Morgan fingerprint density at radius 1 is 1.26 bits per heavy atom. The van der Waals surface area contributed by atoms with Gasteiger partial charge < -0.3 is 5.73 Å². The topological polar surface area (TPSA) is 26.0 Å². The summed E-state index contributed by atoms with van der Waals surface area (Å²) in [7, 11) is 0. The molecule has 1 unspecified atom stereocenters. The van der Waals surface area contributed by atoms with Gasteiger partial charge in [-0.05, 0) is 54.3 Å². The molecule has 0 fully saturated rings. The van der Waals surface area contributed by atoms with Crippen LogP contribution in [0, 0.1) is 12.7 Å². The highest BCUT2D eigenvalue weighted by Crippen LogP contribution is 2.26. The van der Waals surface area contributed by atoms with E-state index in [4.69, 9.17) is 17.3 Å². The van der Waals surface area contributed by atoms with Crippen molar-refractivity contribution in [1.82, 2.24) is 0 Å². The first kappa shape index (κ1) is 14.5. The summed E-state index contributed by atoms with van der Waals surface area (Å²) < 4.78 is 14.1. The van der Waals surface area contributed by atoms with E-state index in [1.807, 2.05) is 25.1 Å². The van der Waals surface area contributed by atoms with Crippen molar-refractivity contribution >= 4 is 27.5 Å². The van der Waals surface area contributed by atoms with Crippen molar-refractivity contribution in [2.24, 2.45) is 5.73 Å². The molecule has 2 aromatic carbocycles. The van der Waals surface area contributed by atoms with Crippen LogP contribution in [0.25, 0.3) is 0 Å². The van der Waals surface area contributed by atoms with Crippen LogP contribution in [0.4, 0.5) is 4.39 Å². The average molecular weight is 343 g/mol. The Morgan fingerprint density at radius 3 is 2.68 bits per heavy atom. The summed E-state index contributed by atoms with van der Waals surface area (Å²) >= 11 is 9.50. The lowest BCUT2D eigenvalue weighted by Gasteiger charge is -2.14. The van der Waals surface area contributed by atoms with E-state index in [0.29, 0.717) is 11.4 Å². The zero-order chi connectivity index (χ0) is 14.0. The van der Waals surface area contributed by atoms with E-state index >= 15 is 0 Å². The summed E-state index contributed by atoms with van der Waals surface area (Å²) in [6.45, 7) is 1.95. The molecule has 0 aliphatic rings. The number of aryl methyl sites for hydroxylation is 1. The van der Waals surface area contributed by atoms with Crippen molar-refractivity contribution in [3.63, 3.8) is 0 Å². The average Bonchev–Trinajstić information content (AvgIpc) is 2.37. The molecule has 19 heavy (non-hydrogen) atoms. The summed E-state index contributed by atoms with van der Waals surface area (Å²) in [4.78, 5) is 0. The minimum atomic E-state index is -0.257. The molecular formula is C15H14BrClFN. The van der Waals surface area contributed by atoms with Gasteiger partial charge in [-0.1, -0.05) is 39.7 Å². The van der Waals surface area contributed by atoms with E-state index < -0.39 is 0 Å². The zero-order valence-electron chi connectivity index (χ0n) is 10.5. The van der Waals surface area contributed by atoms with Crippen LogP contribution in [-0.4, -0.2) is 0 Å². The molecule has 4 heteroatoms. The minimum absolute atomic E-state index is 0.212. The maximum Gasteiger partial charge on any atom is 0.123 e. The second kappa shape index (κ2) is 6.04. The molecule has 1 atom stereocenters. The molecule has 100 valence electrons. The van der Waals surface area contributed by atoms with Gasteiger partial charge in [0.2, 0.25) is 0 Å². The van der Waals surface area contributed by atoms with Crippen LogP contribution in [0.2, 0.25) is 5.02 Å². The summed E-state index contributed by atoms with van der Waals surface area (Å²) in [6, 6.07) is 10.2. The fourth-order valence-electron chi connectivity index (χ4n) is 1.89. The molecule has 0 amide bonds. The van der Waals surface area contributed by atoms with E-state index in [9.17, 15) is 4.39 Å². The SMILES string of the molecule is Cc1ccc(C(N)Cc2cc(F)ccc2Br)cc1Cl. The Morgan fingerprint density at radius 2 is 2.00 bits per heavy atom. The number of hydrogen-bond donors (Lipinski definition) is 1. The Hall–Kier alpha value is -0.900. The van der Waals surface area contributed by atoms with E-state index in [2.05, 4.69) is 15.9 Å². The van der Waals surface area contributed by atoms with Crippen LogP contribution in [0.3, 0.4) is 0 Å². The number of nitrogens with two attached hydrogens (primary N) is 1. The lowest BCUT2D eigenvalue weighted by Crippen LogP contribution is -2.13. The van der Waals surface area contributed by atoms with E-state index in [-0.39, 0.29) is 11.9 Å². The predicted octanol–water partition coefficient (Wildman–Crippen LogP) is 4.79.